The number of benzene rings is 1. The zero-order chi connectivity index (χ0) is 18.4. The number of ether oxygens (including phenoxy) is 2. The van der Waals surface area contributed by atoms with Gasteiger partial charge in [0.25, 0.3) is 0 Å². The molecule has 2 aliphatic heterocycles. The summed E-state index contributed by atoms with van der Waals surface area (Å²) in [5, 5.41) is 5.45. The van der Waals surface area contributed by atoms with Crippen LogP contribution in [0.25, 0.3) is 0 Å². The van der Waals surface area contributed by atoms with Gasteiger partial charge in [-0.3, -0.25) is 14.5 Å². The van der Waals surface area contributed by atoms with Gasteiger partial charge in [0.15, 0.2) is 11.5 Å². The molecule has 0 aliphatic carbocycles. The molecule has 0 aromatic heterocycles. The highest BCUT2D eigenvalue weighted by Crippen LogP contribution is 2.37. The van der Waals surface area contributed by atoms with Crippen LogP contribution in [0.5, 0.6) is 11.5 Å². The number of fused-ring (bicyclic) bond motifs is 1. The normalized spacial score (nSPS) is 19.2. The molecule has 1 aromatic rings. The molecule has 2 aliphatic rings. The fourth-order valence-corrected chi connectivity index (χ4v) is 3.41. The minimum absolute atomic E-state index is 0.0291. The molecule has 1 saturated heterocycles. The maximum Gasteiger partial charge on any atom is 0.239 e. The maximum absolute atomic E-state index is 12.2. The largest absolute Gasteiger partial charge is 0.486 e. The Hall–Kier alpha value is -2.28. The van der Waals surface area contributed by atoms with Crippen LogP contribution in [0.2, 0.25) is 0 Å². The number of amides is 2. The van der Waals surface area contributed by atoms with Crippen molar-refractivity contribution in [1.82, 2.24) is 15.5 Å². The number of rotatable bonds is 7. The van der Waals surface area contributed by atoms with Gasteiger partial charge in [0.1, 0.15) is 13.2 Å². The third-order valence-corrected chi connectivity index (χ3v) is 4.68. The second kappa shape index (κ2) is 8.89. The molecule has 2 heterocycles. The van der Waals surface area contributed by atoms with E-state index in [-0.39, 0.29) is 24.4 Å². The molecule has 7 heteroatoms. The van der Waals surface area contributed by atoms with Crippen LogP contribution in [0, 0.1) is 0 Å². The highest BCUT2D eigenvalue weighted by Gasteiger charge is 2.28. The topological polar surface area (TPSA) is 79.9 Å². The minimum atomic E-state index is -0.148. The van der Waals surface area contributed by atoms with Gasteiger partial charge < -0.3 is 20.1 Å². The molecule has 0 bridgehead atoms. The summed E-state index contributed by atoms with van der Waals surface area (Å²) in [5.41, 5.74) is 1.14. The molecule has 7 nitrogen and oxygen atoms in total. The van der Waals surface area contributed by atoms with Gasteiger partial charge in [0.05, 0.1) is 13.1 Å². The predicted molar refractivity (Wildman–Crippen MR) is 97.3 cm³/mol. The van der Waals surface area contributed by atoms with Crippen LogP contribution >= 0.6 is 0 Å². The predicted octanol–water partition coefficient (Wildman–Crippen LogP) is 1.24. The second-order valence-corrected chi connectivity index (χ2v) is 6.66. The smallest absolute Gasteiger partial charge is 0.239 e. The fourth-order valence-electron chi connectivity index (χ4n) is 3.41. The summed E-state index contributed by atoms with van der Waals surface area (Å²) in [4.78, 5) is 26.0. The first-order valence-corrected chi connectivity index (χ1v) is 9.34. The van der Waals surface area contributed by atoms with Crippen LogP contribution < -0.4 is 20.1 Å². The van der Waals surface area contributed by atoms with Crippen LogP contribution in [-0.2, 0) is 9.59 Å². The molecule has 1 fully saturated rings. The Morgan fingerprint density at radius 3 is 2.77 bits per heavy atom. The summed E-state index contributed by atoms with van der Waals surface area (Å²) < 4.78 is 11.2. The van der Waals surface area contributed by atoms with Crippen LogP contribution in [-0.4, -0.2) is 56.1 Å². The number of carbonyl (C=O) groups is 2. The molecule has 2 amide bonds. The van der Waals surface area contributed by atoms with Crippen molar-refractivity contribution < 1.29 is 19.1 Å². The summed E-state index contributed by atoms with van der Waals surface area (Å²) in [6, 6.07) is 6.20. The first-order chi connectivity index (χ1) is 12.7. The van der Waals surface area contributed by atoms with Crippen LogP contribution in [0.3, 0.4) is 0 Å². The zero-order valence-corrected chi connectivity index (χ0v) is 15.3. The lowest BCUT2D eigenvalue weighted by atomic mass is 10.0. The van der Waals surface area contributed by atoms with E-state index in [9.17, 15) is 9.59 Å². The van der Waals surface area contributed by atoms with E-state index in [0.717, 1.165) is 42.9 Å². The molecule has 1 atom stereocenters. The van der Waals surface area contributed by atoms with Crippen LogP contribution in [0.1, 0.15) is 37.8 Å². The molecule has 26 heavy (non-hydrogen) atoms. The molecular formula is C19H27N3O4. The number of nitrogens with one attached hydrogen (secondary N) is 2. The van der Waals surface area contributed by atoms with Crippen molar-refractivity contribution in [2.45, 2.75) is 32.2 Å². The van der Waals surface area contributed by atoms with Crippen molar-refractivity contribution in [3.63, 3.8) is 0 Å². The van der Waals surface area contributed by atoms with Gasteiger partial charge in [0, 0.05) is 12.6 Å². The maximum atomic E-state index is 12.2. The van der Waals surface area contributed by atoms with Crippen LogP contribution in [0.4, 0.5) is 0 Å². The van der Waals surface area contributed by atoms with E-state index in [2.05, 4.69) is 15.5 Å². The Morgan fingerprint density at radius 1 is 1.15 bits per heavy atom. The molecule has 1 aromatic carbocycles. The average Bonchev–Trinajstić information content (AvgIpc) is 3.12. The molecule has 0 unspecified atom stereocenters. The lowest BCUT2D eigenvalue weighted by molar-refractivity contribution is -0.126. The number of likely N-dealkylation sites (tertiary alicyclic amines) is 1. The van der Waals surface area contributed by atoms with Crippen LogP contribution in [0.15, 0.2) is 18.2 Å². The zero-order valence-electron chi connectivity index (χ0n) is 15.3. The summed E-state index contributed by atoms with van der Waals surface area (Å²) in [7, 11) is 0. The second-order valence-electron chi connectivity index (χ2n) is 6.66. The van der Waals surface area contributed by atoms with Gasteiger partial charge in [-0.1, -0.05) is 13.0 Å². The first-order valence-electron chi connectivity index (χ1n) is 9.34. The number of hydrogen-bond acceptors (Lipinski definition) is 5. The Labute approximate surface area is 154 Å². The third-order valence-electron chi connectivity index (χ3n) is 4.68. The van der Waals surface area contributed by atoms with E-state index in [1.54, 1.807) is 0 Å². The highest BCUT2D eigenvalue weighted by molar-refractivity contribution is 5.85. The number of nitrogens with zero attached hydrogens (tertiary/aromatic N) is 1. The summed E-state index contributed by atoms with van der Waals surface area (Å²) in [6.45, 7) is 4.95. The van der Waals surface area contributed by atoms with Gasteiger partial charge in [-0.25, -0.2) is 0 Å². The fraction of sp³-hybridized carbons (Fsp3) is 0.579. The Balaban J connectivity index is 1.55. The summed E-state index contributed by atoms with van der Waals surface area (Å²) >= 11 is 0. The highest BCUT2D eigenvalue weighted by atomic mass is 16.6. The molecular weight excluding hydrogens is 334 g/mol. The van der Waals surface area contributed by atoms with E-state index in [0.29, 0.717) is 26.3 Å². The Morgan fingerprint density at radius 2 is 1.96 bits per heavy atom. The van der Waals surface area contributed by atoms with Crippen molar-refractivity contribution in [2.24, 2.45) is 0 Å². The molecule has 0 radical (unpaired) electrons. The Bertz CT molecular complexity index is 650. The number of carbonyl (C=O) groups excluding carboxylic acids is 2. The summed E-state index contributed by atoms with van der Waals surface area (Å²) in [5.74, 6) is 1.28. The van der Waals surface area contributed by atoms with E-state index < -0.39 is 0 Å². The van der Waals surface area contributed by atoms with Crippen molar-refractivity contribution in [1.29, 1.82) is 0 Å². The van der Waals surface area contributed by atoms with Crippen molar-refractivity contribution >= 4 is 11.8 Å². The molecule has 0 spiro atoms. The van der Waals surface area contributed by atoms with Gasteiger partial charge in [-0.15, -0.1) is 0 Å². The lowest BCUT2D eigenvalue weighted by Crippen LogP contribution is -2.42. The van der Waals surface area contributed by atoms with E-state index in [1.807, 2.05) is 25.1 Å². The van der Waals surface area contributed by atoms with Gasteiger partial charge in [0.2, 0.25) is 11.8 Å². The molecule has 3 rings (SSSR count). The SMILES string of the molecule is CCCNC(=O)CNC(=O)CN1CCC[C@@H]1c1ccc2c(c1)OCCO2. The number of hydrogen-bond donors (Lipinski definition) is 2. The van der Waals surface area contributed by atoms with Crippen molar-refractivity contribution in [3.8, 4) is 11.5 Å². The van der Waals surface area contributed by atoms with Crippen molar-refractivity contribution in [2.75, 3.05) is 39.4 Å². The van der Waals surface area contributed by atoms with Crippen molar-refractivity contribution in [3.05, 3.63) is 23.8 Å². The quantitative estimate of drug-likeness (QED) is 0.764. The molecule has 0 saturated carbocycles. The van der Waals surface area contributed by atoms with E-state index >= 15 is 0 Å². The lowest BCUT2D eigenvalue weighted by Gasteiger charge is -2.26. The Kier molecular flexibility index (Phi) is 6.33. The van der Waals surface area contributed by atoms with Gasteiger partial charge in [-0.05, 0) is 43.5 Å². The van der Waals surface area contributed by atoms with E-state index in [4.69, 9.17) is 9.47 Å². The molecule has 2 N–H and O–H groups in total. The van der Waals surface area contributed by atoms with Gasteiger partial charge in [-0.2, -0.15) is 0 Å². The summed E-state index contributed by atoms with van der Waals surface area (Å²) in [6.07, 6.45) is 2.93. The molecule has 142 valence electrons. The standard InChI is InChI=1S/C19H27N3O4/c1-2-7-20-18(23)12-21-19(24)13-22-8-3-4-15(22)14-5-6-16-17(11-14)26-10-9-25-16/h5-6,11,15H,2-4,7-10,12-13H2,1H3,(H,20,23)(H,21,24)/t15-/m1/s1. The average molecular weight is 361 g/mol. The monoisotopic (exact) mass is 361 g/mol. The minimum Gasteiger partial charge on any atom is -0.486 e. The van der Waals surface area contributed by atoms with Gasteiger partial charge >= 0.3 is 0 Å². The van der Waals surface area contributed by atoms with E-state index in [1.165, 1.54) is 0 Å². The third kappa shape index (κ3) is 4.66. The first kappa shape index (κ1) is 18.5.